The minimum Gasteiger partial charge on any atom is -0.468 e. The molecule has 5 aromatic rings. The zero-order valence-corrected chi connectivity index (χ0v) is 30.7. The van der Waals surface area contributed by atoms with Gasteiger partial charge in [-0.1, -0.05) is 48.5 Å². The van der Waals surface area contributed by atoms with E-state index in [2.05, 4.69) is 4.98 Å². The number of piperidine rings is 1. The first-order chi connectivity index (χ1) is 26.2. The van der Waals surface area contributed by atoms with Gasteiger partial charge in [0.05, 0.1) is 24.4 Å². The van der Waals surface area contributed by atoms with Crippen LogP contribution in [-0.4, -0.2) is 63.0 Å². The van der Waals surface area contributed by atoms with Crippen LogP contribution < -0.4 is 5.43 Å². The van der Waals surface area contributed by atoms with E-state index in [1.165, 1.54) is 49.8 Å². The van der Waals surface area contributed by atoms with Crippen LogP contribution in [0.2, 0.25) is 0 Å². The van der Waals surface area contributed by atoms with E-state index in [1.807, 2.05) is 17.0 Å². The number of halogens is 5. The highest BCUT2D eigenvalue weighted by atomic mass is 19.4. The first kappa shape index (κ1) is 39.3. The molecule has 1 amide bonds. The number of nitrogens with zero attached hydrogens (tertiary/aromatic N) is 4. The molecule has 6 rings (SSSR count). The van der Waals surface area contributed by atoms with Crippen molar-refractivity contribution in [3.05, 3.63) is 135 Å². The fourth-order valence-electron chi connectivity index (χ4n) is 7.28. The summed E-state index contributed by atoms with van der Waals surface area (Å²) < 4.78 is 74.8. The molecule has 1 fully saturated rings. The molecule has 1 aliphatic rings. The smallest absolute Gasteiger partial charge is 0.416 e. The second-order valence-electron chi connectivity index (χ2n) is 14.3. The van der Waals surface area contributed by atoms with Crippen molar-refractivity contribution in [2.75, 3.05) is 20.2 Å². The predicted octanol–water partition coefficient (Wildman–Crippen LogP) is 7.59. The molecule has 2 aromatic heterocycles. The Labute approximate surface area is 315 Å². The van der Waals surface area contributed by atoms with E-state index in [-0.39, 0.29) is 54.8 Å². The van der Waals surface area contributed by atoms with Crippen molar-refractivity contribution in [3.63, 3.8) is 0 Å². The van der Waals surface area contributed by atoms with Crippen LogP contribution in [0.15, 0.2) is 96.1 Å². The summed E-state index contributed by atoms with van der Waals surface area (Å²) in [5.41, 5.74) is 1.22. The third-order valence-corrected chi connectivity index (χ3v) is 10.5. The summed E-state index contributed by atoms with van der Waals surface area (Å²) in [6.45, 7) is 4.65. The number of methoxy groups -OCH3 is 1. The normalized spacial score (nSPS) is 14.3. The van der Waals surface area contributed by atoms with Crippen LogP contribution in [0.5, 0.6) is 0 Å². The highest BCUT2D eigenvalue weighted by molar-refractivity contribution is 5.82. The number of fused-ring (bicyclic) bond motifs is 1. The number of esters is 1. The number of benzene rings is 3. The van der Waals surface area contributed by atoms with Crippen LogP contribution in [-0.2, 0) is 46.4 Å². The first-order valence-corrected chi connectivity index (χ1v) is 18.0. The summed E-state index contributed by atoms with van der Waals surface area (Å²) in [6.07, 6.45) is -0.133. The third kappa shape index (κ3) is 8.62. The number of carbonyl (C=O) groups excluding carboxylic acids is 2. The van der Waals surface area contributed by atoms with Crippen molar-refractivity contribution in [3.8, 4) is 11.1 Å². The van der Waals surface area contributed by atoms with Crippen LogP contribution in [0, 0.1) is 11.6 Å². The quantitative estimate of drug-likeness (QED) is 0.102. The Bertz CT molecular complexity index is 2230. The molecule has 0 atom stereocenters. The van der Waals surface area contributed by atoms with Crippen LogP contribution in [0.25, 0.3) is 22.0 Å². The highest BCUT2D eigenvalue weighted by Gasteiger charge is 2.39. The van der Waals surface area contributed by atoms with Crippen LogP contribution in [0.3, 0.4) is 0 Å². The third-order valence-electron chi connectivity index (χ3n) is 10.5. The van der Waals surface area contributed by atoms with E-state index in [4.69, 9.17) is 4.74 Å². The molecular weight excluding hydrogens is 719 g/mol. The van der Waals surface area contributed by atoms with Crippen molar-refractivity contribution < 1.29 is 36.3 Å². The Hall–Kier alpha value is -5.43. The maximum absolute atomic E-state index is 14.6. The Balaban J connectivity index is 1.31. The number of amides is 1. The molecule has 0 N–H and O–H groups in total. The van der Waals surface area contributed by atoms with Gasteiger partial charge in [0.25, 0.3) is 0 Å². The molecule has 0 aliphatic carbocycles. The van der Waals surface area contributed by atoms with E-state index in [0.717, 1.165) is 23.8 Å². The summed E-state index contributed by atoms with van der Waals surface area (Å²) >= 11 is 0. The number of hydrogen-bond acceptors (Lipinski definition) is 6. The van der Waals surface area contributed by atoms with Gasteiger partial charge < -0.3 is 14.2 Å². The molecular formula is C42H41F5N4O4. The minimum absolute atomic E-state index is 0.0758. The molecule has 13 heteroatoms. The molecule has 0 spiro atoms. The molecule has 1 aliphatic heterocycles. The number of hydrogen-bond donors (Lipinski definition) is 0. The summed E-state index contributed by atoms with van der Waals surface area (Å²) in [6, 6.07) is 18.9. The van der Waals surface area contributed by atoms with Gasteiger partial charge in [0, 0.05) is 49.0 Å². The lowest BCUT2D eigenvalue weighted by atomic mass is 9.95. The molecule has 0 unspecified atom stereocenters. The van der Waals surface area contributed by atoms with Gasteiger partial charge in [-0.05, 0) is 86.1 Å². The minimum atomic E-state index is -4.44. The number of rotatable bonds is 11. The fourth-order valence-corrected chi connectivity index (χ4v) is 7.28. The second kappa shape index (κ2) is 16.1. The Morgan fingerprint density at radius 1 is 0.909 bits per heavy atom. The molecule has 8 nitrogen and oxygen atoms in total. The summed E-state index contributed by atoms with van der Waals surface area (Å²) in [5, 5.41) is 0.354. The molecule has 3 aromatic carbocycles. The van der Waals surface area contributed by atoms with Crippen LogP contribution in [0.4, 0.5) is 22.0 Å². The van der Waals surface area contributed by atoms with Gasteiger partial charge in [-0.25, -0.2) is 8.78 Å². The van der Waals surface area contributed by atoms with Crippen LogP contribution in [0.1, 0.15) is 49.1 Å². The van der Waals surface area contributed by atoms with Gasteiger partial charge >= 0.3 is 12.1 Å². The van der Waals surface area contributed by atoms with E-state index in [9.17, 15) is 36.3 Å². The Morgan fingerprint density at radius 3 is 2.20 bits per heavy atom. The number of carbonyl (C=O) groups is 2. The lowest BCUT2D eigenvalue weighted by Gasteiger charge is -2.44. The number of alkyl halides is 3. The van der Waals surface area contributed by atoms with Gasteiger partial charge in [-0.3, -0.25) is 24.3 Å². The van der Waals surface area contributed by atoms with Crippen molar-refractivity contribution in [2.24, 2.45) is 0 Å². The molecule has 1 saturated heterocycles. The zero-order valence-electron chi connectivity index (χ0n) is 30.7. The molecule has 0 bridgehead atoms. The summed E-state index contributed by atoms with van der Waals surface area (Å²) in [7, 11) is 1.35. The van der Waals surface area contributed by atoms with Gasteiger partial charge in [0.1, 0.15) is 12.1 Å². The maximum atomic E-state index is 14.6. The topological polar surface area (TPSA) is 84.7 Å². The average molecular weight is 761 g/mol. The number of aromatic nitrogens is 2. The lowest BCUT2D eigenvalue weighted by Crippen LogP contribution is -2.56. The van der Waals surface area contributed by atoms with E-state index in [0.29, 0.717) is 53.7 Å². The van der Waals surface area contributed by atoms with Crippen molar-refractivity contribution in [1.29, 1.82) is 0 Å². The molecule has 55 heavy (non-hydrogen) atoms. The number of pyridine rings is 2. The van der Waals surface area contributed by atoms with Crippen molar-refractivity contribution in [1.82, 2.24) is 19.4 Å². The monoisotopic (exact) mass is 760 g/mol. The predicted molar refractivity (Wildman–Crippen MR) is 198 cm³/mol. The highest BCUT2D eigenvalue weighted by Crippen LogP contribution is 2.32. The maximum Gasteiger partial charge on any atom is 0.416 e. The number of ether oxygens (including phenoxy) is 1. The van der Waals surface area contributed by atoms with Gasteiger partial charge in [-0.15, -0.1) is 0 Å². The molecule has 288 valence electrons. The van der Waals surface area contributed by atoms with E-state index >= 15 is 0 Å². The lowest BCUT2D eigenvalue weighted by molar-refractivity contribution is -0.155. The summed E-state index contributed by atoms with van der Waals surface area (Å²) in [5.74, 6) is -2.56. The second-order valence-corrected chi connectivity index (χ2v) is 14.3. The van der Waals surface area contributed by atoms with Crippen molar-refractivity contribution in [2.45, 2.75) is 70.4 Å². The molecule has 3 heterocycles. The molecule has 0 radical (unpaired) electrons. The number of aryl methyl sites for hydroxylation is 2. The largest absolute Gasteiger partial charge is 0.468 e. The fraction of sp³-hybridized carbons (Fsp3) is 0.333. The standard InChI is InChI=1S/C42H41F5N4O4/c1-41(2,40(54)55-3)49-21-18-32(19-22-49)51(25-27-7-9-28(10-8-27)29-11-14-31(15-12-29)42(45,46)47)38(53)26-50-33(16-13-30-5-4-6-35(43)39(30)44)23-37(52)34-17-20-48-24-36(34)50/h4-12,14-15,17,20,23-24,32H,13,16,18-19,21-22,25-26H2,1-3H3. The van der Waals surface area contributed by atoms with Gasteiger partial charge in [0.15, 0.2) is 17.1 Å². The number of likely N-dealkylation sites (tertiary alicyclic amines) is 1. The van der Waals surface area contributed by atoms with E-state index < -0.39 is 28.9 Å². The Morgan fingerprint density at radius 2 is 1.56 bits per heavy atom. The Kier molecular flexibility index (Phi) is 11.5. The van der Waals surface area contributed by atoms with E-state index in [1.54, 1.807) is 41.5 Å². The summed E-state index contributed by atoms with van der Waals surface area (Å²) in [4.78, 5) is 48.4. The zero-order chi connectivity index (χ0) is 39.5. The van der Waals surface area contributed by atoms with Crippen LogP contribution >= 0.6 is 0 Å². The SMILES string of the molecule is COC(=O)C(C)(C)N1CCC(N(Cc2ccc(-c3ccc(C(F)(F)F)cc3)cc2)C(=O)Cn2c(CCc3cccc(F)c3F)cc(=O)c3ccncc32)CC1. The van der Waals surface area contributed by atoms with Gasteiger partial charge in [-0.2, -0.15) is 13.2 Å². The van der Waals surface area contributed by atoms with Gasteiger partial charge in [0.2, 0.25) is 5.91 Å². The first-order valence-electron chi connectivity index (χ1n) is 18.0. The average Bonchev–Trinajstić information content (AvgIpc) is 3.18. The molecule has 0 saturated carbocycles. The van der Waals surface area contributed by atoms with Crippen molar-refractivity contribution >= 4 is 22.8 Å².